The van der Waals surface area contributed by atoms with Gasteiger partial charge in [-0.25, -0.2) is 4.98 Å². The van der Waals surface area contributed by atoms with Crippen LogP contribution in [0.2, 0.25) is 0 Å². The van der Waals surface area contributed by atoms with Crippen molar-refractivity contribution in [2.24, 2.45) is 0 Å². The summed E-state index contributed by atoms with van der Waals surface area (Å²) >= 11 is 0. The number of nitrogens with one attached hydrogen (secondary N) is 1. The van der Waals surface area contributed by atoms with Crippen LogP contribution in [-0.2, 0) is 0 Å². The molecule has 0 bridgehead atoms. The van der Waals surface area contributed by atoms with Crippen molar-refractivity contribution in [3.05, 3.63) is 18.2 Å². The lowest BCUT2D eigenvalue weighted by Crippen LogP contribution is -2.26. The van der Waals surface area contributed by atoms with E-state index in [2.05, 4.69) is 48.1 Å². The molecule has 0 amide bonds. The van der Waals surface area contributed by atoms with Crippen LogP contribution >= 0.6 is 0 Å². The third-order valence-corrected chi connectivity index (χ3v) is 2.98. The average molecular weight is 249 g/mol. The van der Waals surface area contributed by atoms with Gasteiger partial charge in [-0.05, 0) is 31.9 Å². The number of unbranched alkanes of at least 4 members (excludes halogenated alkanes) is 2. The maximum atomic E-state index is 4.68. The summed E-state index contributed by atoms with van der Waals surface area (Å²) in [6, 6.07) is 6.24. The highest BCUT2D eigenvalue weighted by molar-refractivity contribution is 5.46. The third-order valence-electron chi connectivity index (χ3n) is 2.98. The van der Waals surface area contributed by atoms with Crippen molar-refractivity contribution in [1.82, 2.24) is 4.98 Å². The van der Waals surface area contributed by atoms with E-state index in [1.807, 2.05) is 6.07 Å². The molecule has 3 nitrogen and oxygen atoms in total. The molecule has 0 aliphatic carbocycles. The van der Waals surface area contributed by atoms with Gasteiger partial charge < -0.3 is 10.2 Å². The Morgan fingerprint density at radius 2 is 1.72 bits per heavy atom. The fraction of sp³-hybridized carbons (Fsp3) is 0.667. The molecule has 0 radical (unpaired) electrons. The zero-order chi connectivity index (χ0) is 13.2. The van der Waals surface area contributed by atoms with E-state index in [4.69, 9.17) is 0 Å². The van der Waals surface area contributed by atoms with Gasteiger partial charge >= 0.3 is 0 Å². The first-order valence-electron chi connectivity index (χ1n) is 7.27. The van der Waals surface area contributed by atoms with Crippen LogP contribution in [-0.4, -0.2) is 24.6 Å². The largest absolute Gasteiger partial charge is 0.370 e. The number of hydrogen-bond donors (Lipinski definition) is 1. The fourth-order valence-corrected chi connectivity index (χ4v) is 1.92. The molecule has 0 aromatic carbocycles. The minimum Gasteiger partial charge on any atom is -0.370 e. The number of hydrogen-bond acceptors (Lipinski definition) is 3. The molecule has 1 aromatic heterocycles. The number of anilines is 2. The van der Waals surface area contributed by atoms with Crippen LogP contribution in [0.25, 0.3) is 0 Å². The molecule has 0 aliphatic rings. The summed E-state index contributed by atoms with van der Waals surface area (Å²) in [6.45, 7) is 9.71. The van der Waals surface area contributed by atoms with Crippen LogP contribution in [0.3, 0.4) is 0 Å². The Hall–Kier alpha value is -1.25. The Bertz CT molecular complexity index is 317. The van der Waals surface area contributed by atoms with Crippen LogP contribution in [0, 0.1) is 0 Å². The standard InChI is InChI=1S/C15H27N3/c1-4-7-12-18(13-8-5-2)15-11-9-10-14(17-15)16-6-3/h9-11H,4-8,12-13H2,1-3H3,(H,16,17). The Labute approximate surface area is 112 Å². The van der Waals surface area contributed by atoms with Crippen molar-refractivity contribution < 1.29 is 0 Å². The predicted octanol–water partition coefficient (Wildman–Crippen LogP) is 3.92. The Balaban J connectivity index is 2.72. The summed E-state index contributed by atoms with van der Waals surface area (Å²) in [5.41, 5.74) is 0. The number of pyridine rings is 1. The van der Waals surface area contributed by atoms with E-state index in [0.717, 1.165) is 31.3 Å². The first kappa shape index (κ1) is 14.8. The molecule has 102 valence electrons. The molecule has 1 N–H and O–H groups in total. The van der Waals surface area contributed by atoms with E-state index in [0.29, 0.717) is 0 Å². The van der Waals surface area contributed by atoms with Gasteiger partial charge in [0.25, 0.3) is 0 Å². The van der Waals surface area contributed by atoms with E-state index in [1.54, 1.807) is 0 Å². The second kappa shape index (κ2) is 8.78. The third kappa shape index (κ3) is 4.94. The molecule has 18 heavy (non-hydrogen) atoms. The quantitative estimate of drug-likeness (QED) is 0.719. The zero-order valence-electron chi connectivity index (χ0n) is 12.1. The van der Waals surface area contributed by atoms with Crippen LogP contribution < -0.4 is 10.2 Å². The molecule has 1 aromatic rings. The molecule has 1 heterocycles. The van der Waals surface area contributed by atoms with Crippen molar-refractivity contribution in [2.45, 2.75) is 46.5 Å². The van der Waals surface area contributed by atoms with Gasteiger partial charge in [0.15, 0.2) is 0 Å². The second-order valence-electron chi connectivity index (χ2n) is 4.61. The molecule has 0 fully saturated rings. The van der Waals surface area contributed by atoms with Crippen LogP contribution in [0.15, 0.2) is 18.2 Å². The molecular formula is C15H27N3. The maximum absolute atomic E-state index is 4.68. The lowest BCUT2D eigenvalue weighted by molar-refractivity contribution is 0.671. The van der Waals surface area contributed by atoms with Gasteiger partial charge in [-0.3, -0.25) is 0 Å². The van der Waals surface area contributed by atoms with E-state index in [1.165, 1.54) is 25.7 Å². The summed E-state index contributed by atoms with van der Waals surface area (Å²) in [6.07, 6.45) is 4.93. The van der Waals surface area contributed by atoms with Crippen molar-refractivity contribution in [3.8, 4) is 0 Å². The predicted molar refractivity (Wildman–Crippen MR) is 80.4 cm³/mol. The summed E-state index contributed by atoms with van der Waals surface area (Å²) < 4.78 is 0. The average Bonchev–Trinajstić information content (AvgIpc) is 2.40. The summed E-state index contributed by atoms with van der Waals surface area (Å²) in [5, 5.41) is 3.28. The number of rotatable bonds is 9. The monoisotopic (exact) mass is 249 g/mol. The lowest BCUT2D eigenvalue weighted by Gasteiger charge is -2.24. The van der Waals surface area contributed by atoms with E-state index in [9.17, 15) is 0 Å². The maximum Gasteiger partial charge on any atom is 0.130 e. The van der Waals surface area contributed by atoms with Gasteiger partial charge in [0.05, 0.1) is 0 Å². The Kier molecular flexibility index (Phi) is 7.23. The minimum absolute atomic E-state index is 0.917. The molecule has 0 saturated heterocycles. The van der Waals surface area contributed by atoms with Gasteiger partial charge in [0.2, 0.25) is 0 Å². The van der Waals surface area contributed by atoms with Gasteiger partial charge in [-0.15, -0.1) is 0 Å². The van der Waals surface area contributed by atoms with Crippen LogP contribution in [0.5, 0.6) is 0 Å². The van der Waals surface area contributed by atoms with Gasteiger partial charge in [-0.1, -0.05) is 32.8 Å². The van der Waals surface area contributed by atoms with Crippen molar-refractivity contribution >= 4 is 11.6 Å². The summed E-state index contributed by atoms with van der Waals surface area (Å²) in [7, 11) is 0. The first-order chi connectivity index (χ1) is 8.81. The van der Waals surface area contributed by atoms with E-state index in [-0.39, 0.29) is 0 Å². The summed E-state index contributed by atoms with van der Waals surface area (Å²) in [5.74, 6) is 2.09. The molecule has 0 saturated carbocycles. The summed E-state index contributed by atoms with van der Waals surface area (Å²) in [4.78, 5) is 7.09. The Morgan fingerprint density at radius 3 is 2.28 bits per heavy atom. The molecule has 3 heteroatoms. The fourth-order valence-electron chi connectivity index (χ4n) is 1.92. The first-order valence-corrected chi connectivity index (χ1v) is 7.27. The molecule has 0 aliphatic heterocycles. The topological polar surface area (TPSA) is 28.2 Å². The molecule has 0 spiro atoms. The molecule has 0 atom stereocenters. The Morgan fingerprint density at radius 1 is 1.06 bits per heavy atom. The highest BCUT2D eigenvalue weighted by Crippen LogP contribution is 2.15. The van der Waals surface area contributed by atoms with Crippen molar-refractivity contribution in [3.63, 3.8) is 0 Å². The number of nitrogens with zero attached hydrogens (tertiary/aromatic N) is 2. The molecule has 1 rings (SSSR count). The molecule has 0 unspecified atom stereocenters. The highest BCUT2D eigenvalue weighted by Gasteiger charge is 2.07. The van der Waals surface area contributed by atoms with Crippen LogP contribution in [0.1, 0.15) is 46.5 Å². The van der Waals surface area contributed by atoms with Crippen molar-refractivity contribution in [2.75, 3.05) is 29.9 Å². The van der Waals surface area contributed by atoms with Crippen LogP contribution in [0.4, 0.5) is 11.6 Å². The van der Waals surface area contributed by atoms with E-state index >= 15 is 0 Å². The van der Waals surface area contributed by atoms with Crippen molar-refractivity contribution in [1.29, 1.82) is 0 Å². The highest BCUT2D eigenvalue weighted by atomic mass is 15.2. The minimum atomic E-state index is 0.917. The van der Waals surface area contributed by atoms with Gasteiger partial charge in [0, 0.05) is 19.6 Å². The van der Waals surface area contributed by atoms with Gasteiger partial charge in [-0.2, -0.15) is 0 Å². The number of aromatic nitrogens is 1. The van der Waals surface area contributed by atoms with Gasteiger partial charge in [0.1, 0.15) is 11.6 Å². The second-order valence-corrected chi connectivity index (χ2v) is 4.61. The molecular weight excluding hydrogens is 222 g/mol. The van der Waals surface area contributed by atoms with E-state index < -0.39 is 0 Å². The smallest absolute Gasteiger partial charge is 0.130 e. The zero-order valence-corrected chi connectivity index (χ0v) is 12.1. The SMILES string of the molecule is CCCCN(CCCC)c1cccc(NCC)n1. The lowest BCUT2D eigenvalue weighted by atomic mass is 10.2. The normalized spacial score (nSPS) is 10.4.